The molecule has 0 saturated heterocycles. The van der Waals surface area contributed by atoms with E-state index in [9.17, 15) is 9.59 Å². The highest BCUT2D eigenvalue weighted by Crippen LogP contribution is 2.17. The van der Waals surface area contributed by atoms with Gasteiger partial charge in [-0.05, 0) is 36.0 Å². The SMILES string of the molecule is CCCC(CCC(=O)Cl)C(=O)Cl. The molecule has 0 heterocycles. The van der Waals surface area contributed by atoms with Crippen LogP contribution in [0.25, 0.3) is 0 Å². The first-order valence-electron chi connectivity index (χ1n) is 3.95. The first kappa shape index (κ1) is 11.9. The summed E-state index contributed by atoms with van der Waals surface area (Å²) >= 11 is 10.4. The van der Waals surface area contributed by atoms with Crippen LogP contribution in [0.15, 0.2) is 0 Å². The van der Waals surface area contributed by atoms with Gasteiger partial charge in [-0.15, -0.1) is 0 Å². The van der Waals surface area contributed by atoms with Gasteiger partial charge in [0.15, 0.2) is 0 Å². The fourth-order valence-electron chi connectivity index (χ4n) is 1.01. The Hall–Kier alpha value is -0.0800. The lowest BCUT2D eigenvalue weighted by Gasteiger charge is -2.08. The number of hydrogen-bond acceptors (Lipinski definition) is 2. The quantitative estimate of drug-likeness (QED) is 0.633. The van der Waals surface area contributed by atoms with Crippen molar-refractivity contribution in [3.8, 4) is 0 Å². The highest BCUT2D eigenvalue weighted by molar-refractivity contribution is 6.64. The lowest BCUT2D eigenvalue weighted by molar-refractivity contribution is -0.116. The zero-order valence-corrected chi connectivity index (χ0v) is 8.49. The van der Waals surface area contributed by atoms with Gasteiger partial charge >= 0.3 is 0 Å². The molecule has 0 spiro atoms. The Kier molecular flexibility index (Phi) is 6.39. The molecule has 0 radical (unpaired) electrons. The first-order valence-corrected chi connectivity index (χ1v) is 4.71. The lowest BCUT2D eigenvalue weighted by Crippen LogP contribution is -2.09. The van der Waals surface area contributed by atoms with Gasteiger partial charge in [0.05, 0.1) is 0 Å². The van der Waals surface area contributed by atoms with Gasteiger partial charge in [0.2, 0.25) is 10.5 Å². The van der Waals surface area contributed by atoms with Gasteiger partial charge < -0.3 is 0 Å². The van der Waals surface area contributed by atoms with Gasteiger partial charge in [-0.1, -0.05) is 13.3 Å². The summed E-state index contributed by atoms with van der Waals surface area (Å²) in [5, 5.41) is -0.774. The molecular formula is C8H12Cl2O2. The first-order chi connectivity index (χ1) is 5.57. The lowest BCUT2D eigenvalue weighted by atomic mass is 10.00. The molecule has 0 aliphatic heterocycles. The molecule has 0 aromatic heterocycles. The molecule has 0 aliphatic rings. The largest absolute Gasteiger partial charge is 0.281 e. The maximum atomic E-state index is 10.8. The minimum absolute atomic E-state index is 0.209. The van der Waals surface area contributed by atoms with Crippen molar-refractivity contribution < 1.29 is 9.59 Å². The number of halogens is 2. The summed E-state index contributed by atoms with van der Waals surface area (Å²) in [7, 11) is 0. The molecule has 0 aliphatic carbocycles. The van der Waals surface area contributed by atoms with E-state index in [0.29, 0.717) is 6.42 Å². The van der Waals surface area contributed by atoms with Crippen molar-refractivity contribution in [3.63, 3.8) is 0 Å². The van der Waals surface area contributed by atoms with Crippen LogP contribution in [0.4, 0.5) is 0 Å². The van der Waals surface area contributed by atoms with Crippen LogP contribution in [0.1, 0.15) is 32.6 Å². The van der Waals surface area contributed by atoms with Gasteiger partial charge in [0, 0.05) is 12.3 Å². The van der Waals surface area contributed by atoms with Crippen LogP contribution in [-0.4, -0.2) is 10.5 Å². The molecule has 0 bridgehead atoms. The summed E-state index contributed by atoms with van der Waals surface area (Å²) in [6.07, 6.45) is 2.31. The molecule has 0 aromatic carbocycles. The van der Waals surface area contributed by atoms with Gasteiger partial charge in [-0.25, -0.2) is 0 Å². The van der Waals surface area contributed by atoms with Crippen molar-refractivity contribution in [2.75, 3.05) is 0 Å². The predicted octanol–water partition coefficient (Wildman–Crippen LogP) is 2.71. The standard InChI is InChI=1S/C8H12Cl2O2/c1-2-3-6(8(10)12)4-5-7(9)11/h6H,2-5H2,1H3. The van der Waals surface area contributed by atoms with Crippen LogP contribution < -0.4 is 0 Å². The van der Waals surface area contributed by atoms with Crippen molar-refractivity contribution >= 4 is 33.7 Å². The van der Waals surface area contributed by atoms with Crippen LogP contribution in [0.2, 0.25) is 0 Å². The second-order valence-corrected chi connectivity index (χ2v) is 3.48. The van der Waals surface area contributed by atoms with E-state index >= 15 is 0 Å². The Labute approximate surface area is 82.2 Å². The van der Waals surface area contributed by atoms with E-state index in [1.807, 2.05) is 6.92 Å². The van der Waals surface area contributed by atoms with Crippen molar-refractivity contribution in [1.82, 2.24) is 0 Å². The summed E-state index contributed by atoms with van der Waals surface area (Å²) in [4.78, 5) is 21.1. The molecule has 1 unspecified atom stereocenters. The molecule has 0 amide bonds. The second-order valence-electron chi connectivity index (χ2n) is 2.68. The fraction of sp³-hybridized carbons (Fsp3) is 0.750. The van der Waals surface area contributed by atoms with Crippen LogP contribution >= 0.6 is 23.2 Å². The molecule has 0 saturated carbocycles. The van der Waals surface area contributed by atoms with E-state index in [0.717, 1.165) is 12.8 Å². The minimum atomic E-state index is -0.408. The van der Waals surface area contributed by atoms with Crippen molar-refractivity contribution in [1.29, 1.82) is 0 Å². The molecule has 0 aromatic rings. The third-order valence-corrected chi connectivity index (χ3v) is 2.15. The minimum Gasteiger partial charge on any atom is -0.281 e. The van der Waals surface area contributed by atoms with Gasteiger partial charge in [-0.2, -0.15) is 0 Å². The number of hydrogen-bond donors (Lipinski definition) is 0. The van der Waals surface area contributed by atoms with E-state index in [1.54, 1.807) is 0 Å². The number of rotatable bonds is 6. The fourth-order valence-corrected chi connectivity index (χ4v) is 1.33. The Morgan fingerprint density at radius 1 is 1.25 bits per heavy atom. The molecule has 4 heteroatoms. The monoisotopic (exact) mass is 210 g/mol. The topological polar surface area (TPSA) is 34.1 Å². The van der Waals surface area contributed by atoms with E-state index in [1.165, 1.54) is 0 Å². The summed E-state index contributed by atoms with van der Waals surface area (Å²) < 4.78 is 0. The van der Waals surface area contributed by atoms with Crippen LogP contribution in [0, 0.1) is 5.92 Å². The van der Waals surface area contributed by atoms with Crippen LogP contribution in [0.5, 0.6) is 0 Å². The van der Waals surface area contributed by atoms with E-state index in [2.05, 4.69) is 0 Å². The third-order valence-electron chi connectivity index (χ3n) is 1.65. The second kappa shape index (κ2) is 6.44. The molecule has 70 valence electrons. The number of carbonyl (C=O) groups excluding carboxylic acids is 2. The third kappa shape index (κ3) is 5.56. The molecule has 12 heavy (non-hydrogen) atoms. The van der Waals surface area contributed by atoms with Gasteiger partial charge in [0.25, 0.3) is 0 Å². The summed E-state index contributed by atoms with van der Waals surface area (Å²) in [6.45, 7) is 1.97. The normalized spacial score (nSPS) is 12.6. The van der Waals surface area contributed by atoms with Crippen LogP contribution in [-0.2, 0) is 9.59 Å². The van der Waals surface area contributed by atoms with Gasteiger partial charge in [-0.3, -0.25) is 9.59 Å². The highest BCUT2D eigenvalue weighted by atomic mass is 35.5. The van der Waals surface area contributed by atoms with E-state index < -0.39 is 5.24 Å². The summed E-state index contributed by atoms with van der Waals surface area (Å²) in [6, 6.07) is 0. The molecule has 0 rings (SSSR count). The van der Waals surface area contributed by atoms with Crippen molar-refractivity contribution in [3.05, 3.63) is 0 Å². The van der Waals surface area contributed by atoms with E-state index in [-0.39, 0.29) is 17.6 Å². The molecule has 2 nitrogen and oxygen atoms in total. The Bertz CT molecular complexity index is 168. The smallest absolute Gasteiger partial charge is 0.224 e. The van der Waals surface area contributed by atoms with Crippen LogP contribution in [0.3, 0.4) is 0 Å². The predicted molar refractivity (Wildman–Crippen MR) is 49.4 cm³/mol. The summed E-state index contributed by atoms with van der Waals surface area (Å²) in [5.74, 6) is -0.209. The maximum Gasteiger partial charge on any atom is 0.224 e. The Morgan fingerprint density at radius 3 is 2.17 bits per heavy atom. The average molecular weight is 211 g/mol. The summed E-state index contributed by atoms with van der Waals surface area (Å²) in [5.41, 5.74) is 0. The van der Waals surface area contributed by atoms with Crippen molar-refractivity contribution in [2.45, 2.75) is 32.6 Å². The Balaban J connectivity index is 3.79. The average Bonchev–Trinajstić information content (AvgIpc) is 1.96. The van der Waals surface area contributed by atoms with Gasteiger partial charge in [0.1, 0.15) is 0 Å². The number of carbonyl (C=O) groups is 2. The molecular weight excluding hydrogens is 199 g/mol. The molecule has 1 atom stereocenters. The highest BCUT2D eigenvalue weighted by Gasteiger charge is 2.15. The molecule has 0 N–H and O–H groups in total. The zero-order valence-electron chi connectivity index (χ0n) is 6.98. The maximum absolute atomic E-state index is 10.8. The Morgan fingerprint density at radius 2 is 1.83 bits per heavy atom. The van der Waals surface area contributed by atoms with E-state index in [4.69, 9.17) is 23.2 Å². The zero-order chi connectivity index (χ0) is 9.56. The van der Waals surface area contributed by atoms with Crippen molar-refractivity contribution in [2.24, 2.45) is 5.92 Å². The molecule has 0 fully saturated rings.